The molecule has 0 saturated heterocycles. The molecule has 1 aromatic carbocycles. The number of hydrogen-bond acceptors (Lipinski definition) is 5. The molecule has 0 aliphatic heterocycles. The van der Waals surface area contributed by atoms with Gasteiger partial charge in [-0.25, -0.2) is 0 Å². The van der Waals surface area contributed by atoms with Crippen molar-refractivity contribution in [1.29, 1.82) is 0 Å². The molecule has 1 aromatic heterocycles. The van der Waals surface area contributed by atoms with Crippen LogP contribution in [0.1, 0.15) is 16.1 Å². The third-order valence-corrected chi connectivity index (χ3v) is 3.34. The van der Waals surface area contributed by atoms with Gasteiger partial charge in [0.15, 0.2) is 11.5 Å². The van der Waals surface area contributed by atoms with E-state index >= 15 is 0 Å². The van der Waals surface area contributed by atoms with E-state index in [2.05, 4.69) is 10.3 Å². The van der Waals surface area contributed by atoms with Gasteiger partial charge >= 0.3 is 0 Å². The van der Waals surface area contributed by atoms with Crippen LogP contribution in [0.15, 0.2) is 36.5 Å². The van der Waals surface area contributed by atoms with Crippen LogP contribution in [0.2, 0.25) is 0 Å². The number of nitrogens with zero attached hydrogens (tertiary/aromatic N) is 1. The zero-order valence-electron chi connectivity index (χ0n) is 13.5. The molecule has 2 rings (SSSR count). The highest BCUT2D eigenvalue weighted by Gasteiger charge is 2.17. The number of ether oxygens (including phenoxy) is 3. The first-order chi connectivity index (χ1) is 11.2. The van der Waals surface area contributed by atoms with E-state index in [9.17, 15) is 4.79 Å². The molecule has 1 heterocycles. The lowest BCUT2D eigenvalue weighted by Gasteiger charge is -2.14. The topological polar surface area (TPSA) is 69.7 Å². The van der Waals surface area contributed by atoms with Crippen molar-refractivity contribution >= 4 is 5.91 Å². The van der Waals surface area contributed by atoms with Crippen molar-refractivity contribution < 1.29 is 19.0 Å². The summed E-state index contributed by atoms with van der Waals surface area (Å²) >= 11 is 0. The molecule has 0 saturated carbocycles. The number of benzene rings is 1. The second-order valence-corrected chi connectivity index (χ2v) is 4.73. The highest BCUT2D eigenvalue weighted by molar-refractivity contribution is 5.97. The third kappa shape index (κ3) is 4.12. The summed E-state index contributed by atoms with van der Waals surface area (Å²) in [5, 5.41) is 2.86. The number of methoxy groups -OCH3 is 3. The molecule has 1 N–H and O–H groups in total. The second-order valence-electron chi connectivity index (χ2n) is 4.73. The van der Waals surface area contributed by atoms with Gasteiger partial charge in [0.2, 0.25) is 0 Å². The first kappa shape index (κ1) is 16.6. The number of carbonyl (C=O) groups is 1. The molecule has 122 valence electrons. The van der Waals surface area contributed by atoms with Gasteiger partial charge in [0.05, 0.1) is 26.9 Å². The Bertz CT molecular complexity index is 659. The van der Waals surface area contributed by atoms with Crippen LogP contribution in [0.4, 0.5) is 0 Å². The number of amides is 1. The molecule has 6 heteroatoms. The minimum Gasteiger partial charge on any atom is -0.496 e. The van der Waals surface area contributed by atoms with Crippen molar-refractivity contribution in [2.45, 2.75) is 6.42 Å². The molecular weight excluding hydrogens is 296 g/mol. The fourth-order valence-electron chi connectivity index (χ4n) is 2.15. The Balaban J connectivity index is 2.08. The molecule has 0 bridgehead atoms. The maximum absolute atomic E-state index is 12.4. The van der Waals surface area contributed by atoms with Gasteiger partial charge in [-0.2, -0.15) is 0 Å². The van der Waals surface area contributed by atoms with Crippen LogP contribution >= 0.6 is 0 Å². The summed E-state index contributed by atoms with van der Waals surface area (Å²) in [6.07, 6.45) is 2.39. The monoisotopic (exact) mass is 316 g/mol. The highest BCUT2D eigenvalue weighted by atomic mass is 16.5. The van der Waals surface area contributed by atoms with E-state index in [-0.39, 0.29) is 5.91 Å². The smallest absolute Gasteiger partial charge is 0.255 e. The molecule has 0 radical (unpaired) electrons. The predicted molar refractivity (Wildman–Crippen MR) is 86.4 cm³/mol. The zero-order chi connectivity index (χ0) is 16.7. The summed E-state index contributed by atoms with van der Waals surface area (Å²) in [4.78, 5) is 16.6. The standard InChI is InChI=1S/C17H20N2O4/c1-21-14-11-16(23-3)15(22-2)10-13(14)17(20)19-9-7-12-6-4-5-8-18-12/h4-6,8,10-11H,7,9H2,1-3H3,(H,19,20). The first-order valence-electron chi connectivity index (χ1n) is 7.17. The Morgan fingerprint density at radius 2 is 1.74 bits per heavy atom. The molecule has 1 amide bonds. The predicted octanol–water partition coefficient (Wildman–Crippen LogP) is 2.08. The number of nitrogens with one attached hydrogen (secondary N) is 1. The van der Waals surface area contributed by atoms with Crippen LogP contribution in [-0.2, 0) is 6.42 Å². The van der Waals surface area contributed by atoms with E-state index < -0.39 is 0 Å². The number of carbonyl (C=O) groups excluding carboxylic acids is 1. The molecule has 0 fully saturated rings. The number of pyridine rings is 1. The Hall–Kier alpha value is -2.76. The number of aromatic nitrogens is 1. The van der Waals surface area contributed by atoms with Crippen molar-refractivity contribution in [2.24, 2.45) is 0 Å². The summed E-state index contributed by atoms with van der Waals surface area (Å²) < 4.78 is 15.7. The van der Waals surface area contributed by atoms with Crippen molar-refractivity contribution in [3.8, 4) is 17.2 Å². The van der Waals surface area contributed by atoms with Gasteiger partial charge in [-0.05, 0) is 12.1 Å². The largest absolute Gasteiger partial charge is 0.496 e. The van der Waals surface area contributed by atoms with Crippen LogP contribution in [0.25, 0.3) is 0 Å². The first-order valence-corrected chi connectivity index (χ1v) is 7.17. The SMILES string of the molecule is COc1cc(OC)c(C(=O)NCCc2ccccn2)cc1OC. The van der Waals surface area contributed by atoms with E-state index in [0.29, 0.717) is 35.8 Å². The lowest BCUT2D eigenvalue weighted by atomic mass is 10.1. The highest BCUT2D eigenvalue weighted by Crippen LogP contribution is 2.34. The van der Waals surface area contributed by atoms with E-state index in [0.717, 1.165) is 5.69 Å². The van der Waals surface area contributed by atoms with Crippen LogP contribution < -0.4 is 19.5 Å². The lowest BCUT2D eigenvalue weighted by Crippen LogP contribution is -2.26. The molecule has 0 aliphatic rings. The number of rotatable bonds is 7. The van der Waals surface area contributed by atoms with E-state index in [4.69, 9.17) is 14.2 Å². The minimum atomic E-state index is -0.237. The molecule has 23 heavy (non-hydrogen) atoms. The summed E-state index contributed by atoms with van der Waals surface area (Å²) in [6.45, 7) is 0.480. The molecule has 6 nitrogen and oxygen atoms in total. The van der Waals surface area contributed by atoms with Gasteiger partial charge < -0.3 is 19.5 Å². The third-order valence-electron chi connectivity index (χ3n) is 3.34. The average molecular weight is 316 g/mol. The van der Waals surface area contributed by atoms with Gasteiger partial charge in [-0.15, -0.1) is 0 Å². The molecular formula is C17H20N2O4. The summed E-state index contributed by atoms with van der Waals surface area (Å²) in [7, 11) is 4.56. The van der Waals surface area contributed by atoms with E-state index in [1.54, 1.807) is 18.3 Å². The molecule has 0 atom stereocenters. The van der Waals surface area contributed by atoms with Crippen molar-refractivity contribution in [1.82, 2.24) is 10.3 Å². The second kappa shape index (κ2) is 8.03. The van der Waals surface area contributed by atoms with Crippen LogP contribution in [-0.4, -0.2) is 38.8 Å². The van der Waals surface area contributed by atoms with Crippen LogP contribution in [0.3, 0.4) is 0 Å². The summed E-state index contributed by atoms with van der Waals surface area (Å²) in [6, 6.07) is 8.93. The van der Waals surface area contributed by atoms with Crippen molar-refractivity contribution in [3.63, 3.8) is 0 Å². The molecule has 0 spiro atoms. The van der Waals surface area contributed by atoms with Gasteiger partial charge in [0.25, 0.3) is 5.91 Å². The van der Waals surface area contributed by atoms with Crippen molar-refractivity contribution in [2.75, 3.05) is 27.9 Å². The van der Waals surface area contributed by atoms with E-state index in [1.165, 1.54) is 21.3 Å². The normalized spacial score (nSPS) is 10.0. The lowest BCUT2D eigenvalue weighted by molar-refractivity contribution is 0.0950. The summed E-state index contributed by atoms with van der Waals surface area (Å²) in [5.74, 6) is 1.18. The van der Waals surface area contributed by atoms with Gasteiger partial charge in [0.1, 0.15) is 5.75 Å². The van der Waals surface area contributed by atoms with Crippen molar-refractivity contribution in [3.05, 3.63) is 47.8 Å². The molecule has 0 unspecified atom stereocenters. The minimum absolute atomic E-state index is 0.237. The van der Waals surface area contributed by atoms with Gasteiger partial charge in [-0.3, -0.25) is 9.78 Å². The van der Waals surface area contributed by atoms with E-state index in [1.807, 2.05) is 18.2 Å². The fraction of sp³-hybridized carbons (Fsp3) is 0.294. The average Bonchev–Trinajstić information content (AvgIpc) is 2.61. The molecule has 2 aromatic rings. The Morgan fingerprint density at radius 3 is 2.35 bits per heavy atom. The maximum Gasteiger partial charge on any atom is 0.255 e. The zero-order valence-corrected chi connectivity index (χ0v) is 13.5. The molecule has 0 aliphatic carbocycles. The van der Waals surface area contributed by atoms with Crippen LogP contribution in [0, 0.1) is 0 Å². The quantitative estimate of drug-likeness (QED) is 0.847. The Morgan fingerprint density at radius 1 is 1.04 bits per heavy atom. The van der Waals surface area contributed by atoms with Crippen LogP contribution in [0.5, 0.6) is 17.2 Å². The summed E-state index contributed by atoms with van der Waals surface area (Å²) in [5.41, 5.74) is 1.32. The fourth-order valence-corrected chi connectivity index (χ4v) is 2.15. The maximum atomic E-state index is 12.4. The van der Waals surface area contributed by atoms with Gasteiger partial charge in [-0.1, -0.05) is 6.07 Å². The number of hydrogen-bond donors (Lipinski definition) is 1. The Labute approximate surface area is 135 Å². The Kier molecular flexibility index (Phi) is 5.80. The van der Waals surface area contributed by atoms with Gasteiger partial charge in [0, 0.05) is 37.0 Å².